The van der Waals surface area contributed by atoms with Crippen molar-refractivity contribution in [3.8, 4) is 5.75 Å². The average Bonchev–Trinajstić information content (AvgIpc) is 2.76. The highest BCUT2D eigenvalue weighted by molar-refractivity contribution is 5.81. The number of benzene rings is 1. The molecule has 1 heterocycles. The first kappa shape index (κ1) is 12.5. The Hall–Kier alpha value is -1.51. The monoisotopic (exact) mass is 259 g/mol. The third-order valence-corrected chi connectivity index (χ3v) is 4.71. The molecule has 1 amide bonds. The van der Waals surface area contributed by atoms with Crippen LogP contribution in [0.4, 0.5) is 0 Å². The topological polar surface area (TPSA) is 38.3 Å². The van der Waals surface area contributed by atoms with E-state index < -0.39 is 0 Å². The molecule has 1 unspecified atom stereocenters. The van der Waals surface area contributed by atoms with Crippen LogP contribution in [0.3, 0.4) is 0 Å². The normalized spacial score (nSPS) is 25.3. The fourth-order valence-electron chi connectivity index (χ4n) is 3.73. The summed E-state index contributed by atoms with van der Waals surface area (Å²) in [6.45, 7) is 0. The van der Waals surface area contributed by atoms with Gasteiger partial charge in [-0.2, -0.15) is 0 Å². The number of ether oxygens (including phenoxy) is 1. The average molecular weight is 259 g/mol. The molecule has 3 heteroatoms. The summed E-state index contributed by atoms with van der Waals surface area (Å²) in [5, 5.41) is 3.28. The lowest BCUT2D eigenvalue weighted by Gasteiger charge is -2.38. The van der Waals surface area contributed by atoms with Crippen LogP contribution in [0.1, 0.15) is 50.0 Å². The van der Waals surface area contributed by atoms with Crippen molar-refractivity contribution in [3.63, 3.8) is 0 Å². The quantitative estimate of drug-likeness (QED) is 0.886. The third-order valence-electron chi connectivity index (χ3n) is 4.71. The van der Waals surface area contributed by atoms with Crippen molar-refractivity contribution < 1.29 is 9.53 Å². The number of methoxy groups -OCH3 is 1. The van der Waals surface area contributed by atoms with E-state index in [-0.39, 0.29) is 11.4 Å². The van der Waals surface area contributed by atoms with Gasteiger partial charge in [-0.15, -0.1) is 0 Å². The van der Waals surface area contributed by atoms with Gasteiger partial charge in [0.25, 0.3) is 0 Å². The molecule has 1 aliphatic carbocycles. The minimum atomic E-state index is 0.0178. The second kappa shape index (κ2) is 4.87. The fourth-order valence-corrected chi connectivity index (χ4v) is 3.73. The minimum Gasteiger partial charge on any atom is -0.497 e. The zero-order chi connectivity index (χ0) is 13.3. The second-order valence-corrected chi connectivity index (χ2v) is 5.79. The molecule has 3 nitrogen and oxygen atoms in total. The Bertz CT molecular complexity index is 460. The molecule has 1 saturated carbocycles. The van der Waals surface area contributed by atoms with Gasteiger partial charge in [0.1, 0.15) is 5.75 Å². The van der Waals surface area contributed by atoms with E-state index in [0.717, 1.165) is 18.6 Å². The van der Waals surface area contributed by atoms with E-state index in [2.05, 4.69) is 17.4 Å². The predicted molar refractivity (Wildman–Crippen MR) is 74.3 cm³/mol. The number of rotatable bonds is 2. The maximum Gasteiger partial charge on any atom is 0.221 e. The molecule has 19 heavy (non-hydrogen) atoms. The standard InChI is InChI=1S/C16H21NO2/c1-19-13-7-5-12(6-8-13)14-11-15(18)17-16(14)9-3-2-4-10-16/h5-8,14H,2-4,9-11H2,1H3,(H,17,18). The van der Waals surface area contributed by atoms with Gasteiger partial charge < -0.3 is 10.1 Å². The summed E-state index contributed by atoms with van der Waals surface area (Å²) in [4.78, 5) is 11.9. The van der Waals surface area contributed by atoms with Gasteiger partial charge in [0.2, 0.25) is 5.91 Å². The number of carbonyl (C=O) groups is 1. The molecule has 1 saturated heterocycles. The van der Waals surface area contributed by atoms with Crippen molar-refractivity contribution in [2.24, 2.45) is 0 Å². The highest BCUT2D eigenvalue weighted by atomic mass is 16.5. The molecular weight excluding hydrogens is 238 g/mol. The molecule has 0 bridgehead atoms. The van der Waals surface area contributed by atoms with Crippen LogP contribution in [0.2, 0.25) is 0 Å². The van der Waals surface area contributed by atoms with Crippen LogP contribution in [0.25, 0.3) is 0 Å². The fraction of sp³-hybridized carbons (Fsp3) is 0.562. The maximum atomic E-state index is 11.9. The van der Waals surface area contributed by atoms with Crippen LogP contribution in [-0.4, -0.2) is 18.6 Å². The zero-order valence-electron chi connectivity index (χ0n) is 11.4. The lowest BCUT2D eigenvalue weighted by molar-refractivity contribution is -0.120. The number of amides is 1. The van der Waals surface area contributed by atoms with Gasteiger partial charge >= 0.3 is 0 Å². The predicted octanol–water partition coefficient (Wildman–Crippen LogP) is 3.00. The van der Waals surface area contributed by atoms with Crippen molar-refractivity contribution in [3.05, 3.63) is 29.8 Å². The minimum absolute atomic E-state index is 0.0178. The summed E-state index contributed by atoms with van der Waals surface area (Å²) in [5.74, 6) is 1.41. The molecule has 1 atom stereocenters. The Balaban J connectivity index is 1.89. The summed E-state index contributed by atoms with van der Waals surface area (Å²) in [7, 11) is 1.68. The van der Waals surface area contributed by atoms with E-state index in [1.54, 1.807) is 7.11 Å². The number of nitrogens with one attached hydrogen (secondary N) is 1. The number of carbonyl (C=O) groups excluding carboxylic acids is 1. The molecule has 1 spiro atoms. The Labute approximate surface area is 114 Å². The van der Waals surface area contributed by atoms with Crippen molar-refractivity contribution in [1.29, 1.82) is 0 Å². The molecule has 1 N–H and O–H groups in total. The molecule has 102 valence electrons. The van der Waals surface area contributed by atoms with E-state index >= 15 is 0 Å². The molecule has 2 aliphatic rings. The van der Waals surface area contributed by atoms with Crippen LogP contribution in [0.15, 0.2) is 24.3 Å². The molecule has 0 aromatic heterocycles. The largest absolute Gasteiger partial charge is 0.497 e. The van der Waals surface area contributed by atoms with Crippen molar-refractivity contribution in [2.75, 3.05) is 7.11 Å². The van der Waals surface area contributed by atoms with Crippen molar-refractivity contribution in [1.82, 2.24) is 5.32 Å². The number of hydrogen-bond acceptors (Lipinski definition) is 2. The van der Waals surface area contributed by atoms with E-state index in [0.29, 0.717) is 12.3 Å². The molecule has 1 aliphatic heterocycles. The Kier molecular flexibility index (Phi) is 3.21. The van der Waals surface area contributed by atoms with Crippen LogP contribution < -0.4 is 10.1 Å². The summed E-state index contributed by atoms with van der Waals surface area (Å²) >= 11 is 0. The molecule has 1 aromatic carbocycles. The SMILES string of the molecule is COc1ccc(C2CC(=O)NC23CCCCC3)cc1. The Morgan fingerprint density at radius 1 is 1.16 bits per heavy atom. The van der Waals surface area contributed by atoms with Crippen LogP contribution >= 0.6 is 0 Å². The van der Waals surface area contributed by atoms with Crippen LogP contribution in [-0.2, 0) is 4.79 Å². The van der Waals surface area contributed by atoms with Crippen LogP contribution in [0.5, 0.6) is 5.75 Å². The first-order chi connectivity index (χ1) is 9.23. The lowest BCUT2D eigenvalue weighted by atomic mass is 9.71. The van der Waals surface area contributed by atoms with Crippen LogP contribution in [0, 0.1) is 0 Å². The highest BCUT2D eigenvalue weighted by Gasteiger charge is 2.47. The molecule has 0 radical (unpaired) electrons. The first-order valence-corrected chi connectivity index (χ1v) is 7.18. The molecule has 1 aromatic rings. The van der Waals surface area contributed by atoms with E-state index in [1.807, 2.05) is 12.1 Å². The molecule has 2 fully saturated rings. The van der Waals surface area contributed by atoms with Gasteiger partial charge in [-0.25, -0.2) is 0 Å². The van der Waals surface area contributed by atoms with Crippen molar-refractivity contribution in [2.45, 2.75) is 50.0 Å². The zero-order valence-corrected chi connectivity index (χ0v) is 11.4. The Morgan fingerprint density at radius 2 is 1.84 bits per heavy atom. The van der Waals surface area contributed by atoms with Gasteiger partial charge in [0.05, 0.1) is 7.11 Å². The van der Waals surface area contributed by atoms with Gasteiger partial charge in [0.15, 0.2) is 0 Å². The molecular formula is C16H21NO2. The summed E-state index contributed by atoms with van der Waals surface area (Å²) < 4.78 is 5.21. The van der Waals surface area contributed by atoms with E-state index in [4.69, 9.17) is 4.74 Å². The summed E-state index contributed by atoms with van der Waals surface area (Å²) in [6.07, 6.45) is 6.63. The van der Waals surface area contributed by atoms with Gasteiger partial charge in [-0.3, -0.25) is 4.79 Å². The summed E-state index contributed by atoms with van der Waals surface area (Å²) in [5.41, 5.74) is 1.28. The smallest absolute Gasteiger partial charge is 0.221 e. The number of hydrogen-bond donors (Lipinski definition) is 1. The Morgan fingerprint density at radius 3 is 2.47 bits per heavy atom. The van der Waals surface area contributed by atoms with Crippen molar-refractivity contribution >= 4 is 5.91 Å². The lowest BCUT2D eigenvalue weighted by Crippen LogP contribution is -2.46. The molecule has 3 rings (SSSR count). The highest BCUT2D eigenvalue weighted by Crippen LogP contribution is 2.45. The first-order valence-electron chi connectivity index (χ1n) is 7.18. The van der Waals surface area contributed by atoms with E-state index in [1.165, 1.54) is 24.8 Å². The van der Waals surface area contributed by atoms with Gasteiger partial charge in [0, 0.05) is 17.9 Å². The van der Waals surface area contributed by atoms with E-state index in [9.17, 15) is 4.79 Å². The second-order valence-electron chi connectivity index (χ2n) is 5.79. The maximum absolute atomic E-state index is 11.9. The van der Waals surface area contributed by atoms with Gasteiger partial charge in [-0.1, -0.05) is 31.4 Å². The third kappa shape index (κ3) is 2.22. The summed E-state index contributed by atoms with van der Waals surface area (Å²) in [6, 6.07) is 8.21. The van der Waals surface area contributed by atoms with Gasteiger partial charge in [-0.05, 0) is 30.5 Å².